The number of carbonyl (C=O) groups excluding carboxylic acids is 2. The largest absolute Gasteiger partial charge is 0.465 e. The molecular weight excluding hydrogens is 199 g/mol. The lowest BCUT2D eigenvalue weighted by atomic mass is 10.1. The van der Waals surface area contributed by atoms with E-state index in [0.29, 0.717) is 6.29 Å². The van der Waals surface area contributed by atoms with Crippen LogP contribution in [0.1, 0.15) is 15.9 Å². The summed E-state index contributed by atoms with van der Waals surface area (Å²) in [6, 6.07) is 3.79. The quantitative estimate of drug-likeness (QED) is 0.432. The summed E-state index contributed by atoms with van der Waals surface area (Å²) >= 11 is 0. The number of rotatable bonds is 3. The van der Waals surface area contributed by atoms with E-state index in [-0.39, 0.29) is 11.1 Å². The summed E-state index contributed by atoms with van der Waals surface area (Å²) in [6.45, 7) is 0. The minimum Gasteiger partial charge on any atom is -0.465 e. The Morgan fingerprint density at radius 3 is 2.80 bits per heavy atom. The Balaban J connectivity index is 3.10. The molecule has 0 aromatic heterocycles. The van der Waals surface area contributed by atoms with E-state index in [1.54, 1.807) is 0 Å². The molecule has 1 aromatic carbocycles. The van der Waals surface area contributed by atoms with Crippen LogP contribution in [0.25, 0.3) is 6.08 Å². The smallest absolute Gasteiger partial charge is 0.337 e. The van der Waals surface area contributed by atoms with E-state index >= 15 is 0 Å². The number of benzene rings is 1. The summed E-state index contributed by atoms with van der Waals surface area (Å²) in [7, 11) is 1.24. The Labute approximate surface area is 86.2 Å². The van der Waals surface area contributed by atoms with Gasteiger partial charge in [0, 0.05) is 5.56 Å². The summed E-state index contributed by atoms with van der Waals surface area (Å²) < 4.78 is 17.6. The highest BCUT2D eigenvalue weighted by molar-refractivity contribution is 5.90. The van der Waals surface area contributed by atoms with Gasteiger partial charge in [-0.15, -0.1) is 0 Å². The van der Waals surface area contributed by atoms with Gasteiger partial charge in [0.05, 0.1) is 12.7 Å². The monoisotopic (exact) mass is 208 g/mol. The van der Waals surface area contributed by atoms with Crippen molar-refractivity contribution >= 4 is 18.3 Å². The summed E-state index contributed by atoms with van der Waals surface area (Å²) in [5, 5.41) is 0. The van der Waals surface area contributed by atoms with E-state index in [2.05, 4.69) is 4.74 Å². The van der Waals surface area contributed by atoms with Gasteiger partial charge in [0.2, 0.25) is 0 Å². The van der Waals surface area contributed by atoms with Crippen LogP contribution in [0.15, 0.2) is 24.3 Å². The van der Waals surface area contributed by atoms with E-state index in [4.69, 9.17) is 0 Å². The molecular formula is C11H9FO3. The number of hydrogen-bond donors (Lipinski definition) is 0. The van der Waals surface area contributed by atoms with Crippen molar-refractivity contribution in [2.24, 2.45) is 0 Å². The fourth-order valence-corrected chi connectivity index (χ4v) is 1.06. The zero-order valence-electron chi connectivity index (χ0n) is 8.07. The van der Waals surface area contributed by atoms with Crippen molar-refractivity contribution in [2.45, 2.75) is 0 Å². The molecule has 0 N–H and O–H groups in total. The number of hydrogen-bond acceptors (Lipinski definition) is 3. The predicted octanol–water partition coefficient (Wildman–Crippen LogP) is 1.82. The second-order valence-corrected chi connectivity index (χ2v) is 2.72. The third-order valence-electron chi connectivity index (χ3n) is 1.77. The zero-order valence-corrected chi connectivity index (χ0v) is 8.07. The van der Waals surface area contributed by atoms with Crippen molar-refractivity contribution in [2.75, 3.05) is 7.11 Å². The lowest BCUT2D eigenvalue weighted by molar-refractivity contribution is -0.104. The molecule has 0 aliphatic heterocycles. The molecule has 3 nitrogen and oxygen atoms in total. The minimum atomic E-state index is -0.546. The van der Waals surface area contributed by atoms with Crippen LogP contribution >= 0.6 is 0 Å². The van der Waals surface area contributed by atoms with Crippen LogP contribution in [0.5, 0.6) is 0 Å². The van der Waals surface area contributed by atoms with Crippen molar-refractivity contribution in [3.05, 3.63) is 41.2 Å². The maximum Gasteiger partial charge on any atom is 0.337 e. The molecule has 0 aliphatic rings. The van der Waals surface area contributed by atoms with E-state index in [0.717, 1.165) is 12.1 Å². The van der Waals surface area contributed by atoms with Gasteiger partial charge in [-0.05, 0) is 30.4 Å². The normalized spacial score (nSPS) is 10.3. The Hall–Kier alpha value is -1.97. The highest BCUT2D eigenvalue weighted by atomic mass is 19.1. The second kappa shape index (κ2) is 5.05. The van der Waals surface area contributed by atoms with Crippen molar-refractivity contribution in [3.63, 3.8) is 0 Å². The van der Waals surface area contributed by atoms with Gasteiger partial charge in [0.1, 0.15) is 12.1 Å². The van der Waals surface area contributed by atoms with E-state index in [1.165, 1.54) is 25.3 Å². The maximum absolute atomic E-state index is 13.1. The third-order valence-corrected chi connectivity index (χ3v) is 1.77. The fourth-order valence-electron chi connectivity index (χ4n) is 1.06. The van der Waals surface area contributed by atoms with Gasteiger partial charge in [-0.1, -0.05) is 0 Å². The number of aldehydes is 1. The lowest BCUT2D eigenvalue weighted by Crippen LogP contribution is -2.01. The van der Waals surface area contributed by atoms with Crippen LogP contribution < -0.4 is 0 Å². The molecule has 0 saturated carbocycles. The maximum atomic E-state index is 13.1. The third kappa shape index (κ3) is 2.74. The van der Waals surface area contributed by atoms with Crippen LogP contribution in [0, 0.1) is 5.82 Å². The van der Waals surface area contributed by atoms with Gasteiger partial charge in [-0.2, -0.15) is 0 Å². The van der Waals surface area contributed by atoms with E-state index in [1.807, 2.05) is 0 Å². The molecule has 0 bridgehead atoms. The lowest BCUT2D eigenvalue weighted by Gasteiger charge is -2.01. The van der Waals surface area contributed by atoms with Gasteiger partial charge in [-0.3, -0.25) is 4.79 Å². The van der Waals surface area contributed by atoms with Crippen LogP contribution in [0.3, 0.4) is 0 Å². The van der Waals surface area contributed by atoms with Gasteiger partial charge in [0.15, 0.2) is 0 Å². The molecule has 0 amide bonds. The first kappa shape index (κ1) is 11.1. The van der Waals surface area contributed by atoms with Gasteiger partial charge in [-0.25, -0.2) is 9.18 Å². The van der Waals surface area contributed by atoms with Gasteiger partial charge < -0.3 is 4.74 Å². The van der Waals surface area contributed by atoms with Crippen LogP contribution in [0.2, 0.25) is 0 Å². The van der Waals surface area contributed by atoms with Crippen molar-refractivity contribution in [1.82, 2.24) is 0 Å². The predicted molar refractivity (Wildman–Crippen MR) is 52.8 cm³/mol. The van der Waals surface area contributed by atoms with E-state index in [9.17, 15) is 14.0 Å². The Morgan fingerprint density at radius 1 is 1.47 bits per heavy atom. The molecule has 0 saturated heterocycles. The first-order chi connectivity index (χ1) is 7.19. The zero-order chi connectivity index (χ0) is 11.3. The first-order valence-corrected chi connectivity index (χ1v) is 4.18. The van der Waals surface area contributed by atoms with Gasteiger partial charge >= 0.3 is 5.97 Å². The highest BCUT2D eigenvalue weighted by Gasteiger charge is 2.07. The standard InChI is InChI=1S/C11H9FO3/c1-15-11(14)9-4-5-10(12)8(7-9)3-2-6-13/h2-7H,1H3. The summed E-state index contributed by atoms with van der Waals surface area (Å²) in [5.41, 5.74) is 0.412. The molecule has 0 atom stereocenters. The Kier molecular flexibility index (Phi) is 3.74. The molecule has 4 heteroatoms. The number of ether oxygens (including phenoxy) is 1. The molecule has 0 heterocycles. The minimum absolute atomic E-state index is 0.171. The topological polar surface area (TPSA) is 43.4 Å². The molecule has 1 rings (SSSR count). The van der Waals surface area contributed by atoms with Crippen LogP contribution in [-0.4, -0.2) is 19.4 Å². The Morgan fingerprint density at radius 2 is 2.20 bits per heavy atom. The molecule has 15 heavy (non-hydrogen) atoms. The molecule has 1 aromatic rings. The molecule has 0 spiro atoms. The SMILES string of the molecule is COC(=O)c1ccc(F)c(C=CC=O)c1. The molecule has 0 aliphatic carbocycles. The average Bonchev–Trinajstić information content (AvgIpc) is 2.27. The summed E-state index contributed by atoms with van der Waals surface area (Å²) in [4.78, 5) is 21.2. The van der Waals surface area contributed by atoms with E-state index < -0.39 is 11.8 Å². The van der Waals surface area contributed by atoms with Crippen LogP contribution in [0.4, 0.5) is 4.39 Å². The molecule has 0 unspecified atom stereocenters. The first-order valence-electron chi connectivity index (χ1n) is 4.18. The van der Waals surface area contributed by atoms with Gasteiger partial charge in [0.25, 0.3) is 0 Å². The fraction of sp³-hybridized carbons (Fsp3) is 0.0909. The van der Waals surface area contributed by atoms with Crippen molar-refractivity contribution in [3.8, 4) is 0 Å². The Bertz CT molecular complexity index is 410. The number of carbonyl (C=O) groups is 2. The number of methoxy groups -OCH3 is 1. The number of esters is 1. The van der Waals surface area contributed by atoms with Crippen molar-refractivity contribution in [1.29, 1.82) is 0 Å². The van der Waals surface area contributed by atoms with Crippen molar-refractivity contribution < 1.29 is 18.7 Å². The highest BCUT2D eigenvalue weighted by Crippen LogP contribution is 2.12. The molecule has 78 valence electrons. The van der Waals surface area contributed by atoms with Crippen LogP contribution in [-0.2, 0) is 9.53 Å². The summed E-state index contributed by atoms with van der Waals surface area (Å²) in [6.07, 6.45) is 2.97. The second-order valence-electron chi connectivity index (χ2n) is 2.72. The average molecular weight is 208 g/mol. The number of allylic oxidation sites excluding steroid dienone is 1. The molecule has 0 fully saturated rings. The molecule has 0 radical (unpaired) electrons. The summed E-state index contributed by atoms with van der Waals surface area (Å²) in [5.74, 6) is -1.04. The number of halogens is 1.